The summed E-state index contributed by atoms with van der Waals surface area (Å²) in [5.74, 6) is 4.45. The van der Waals surface area contributed by atoms with E-state index in [-0.39, 0.29) is 5.97 Å². The number of esters is 2. The maximum atomic E-state index is 10.6. The second-order valence-electron chi connectivity index (χ2n) is 3.65. The molecule has 0 aliphatic carbocycles. The van der Waals surface area contributed by atoms with Crippen LogP contribution in [0.3, 0.4) is 0 Å². The lowest BCUT2D eigenvalue weighted by Gasteiger charge is -2.01. The van der Waals surface area contributed by atoms with Gasteiger partial charge in [0.25, 0.3) is 0 Å². The first-order chi connectivity index (χ1) is 8.16. The second-order valence-corrected chi connectivity index (χ2v) is 3.65. The quantitative estimate of drug-likeness (QED) is 0.296. The first-order valence-corrected chi connectivity index (χ1v) is 5.87. The van der Waals surface area contributed by atoms with Gasteiger partial charge in [0.2, 0.25) is 0 Å². The van der Waals surface area contributed by atoms with Gasteiger partial charge in [-0.05, 0) is 12.8 Å². The van der Waals surface area contributed by atoms with E-state index >= 15 is 0 Å². The highest BCUT2D eigenvalue weighted by molar-refractivity contribution is 5.88. The summed E-state index contributed by atoms with van der Waals surface area (Å²) in [5, 5.41) is 0. The largest absolute Gasteiger partial charge is 0.466 e. The topological polar surface area (TPSA) is 52.6 Å². The van der Waals surface area contributed by atoms with Gasteiger partial charge >= 0.3 is 11.9 Å². The van der Waals surface area contributed by atoms with Gasteiger partial charge in [-0.3, -0.25) is 4.79 Å². The van der Waals surface area contributed by atoms with Gasteiger partial charge < -0.3 is 9.47 Å². The van der Waals surface area contributed by atoms with Gasteiger partial charge in [-0.25, -0.2) is 4.79 Å². The third-order valence-corrected chi connectivity index (χ3v) is 2.13. The molecule has 0 aromatic rings. The predicted octanol–water partition coefficient (Wildman–Crippen LogP) is 2.07. The van der Waals surface area contributed by atoms with Crippen LogP contribution in [0.1, 0.15) is 45.4 Å². The Morgan fingerprint density at radius 3 is 2.35 bits per heavy atom. The van der Waals surface area contributed by atoms with E-state index < -0.39 is 5.97 Å². The summed E-state index contributed by atoms with van der Waals surface area (Å²) in [5.41, 5.74) is 0. The zero-order valence-corrected chi connectivity index (χ0v) is 10.6. The number of unbranched alkanes of at least 4 members (excludes halogenated alkanes) is 5. The SMILES string of the molecule is COC(=O)C#CCCCCCCCOC(C)=O. The molecule has 0 spiro atoms. The Hall–Kier alpha value is -1.50. The molecule has 0 saturated heterocycles. The Balaban J connectivity index is 3.20. The van der Waals surface area contributed by atoms with E-state index in [4.69, 9.17) is 4.74 Å². The first kappa shape index (κ1) is 15.5. The summed E-state index contributed by atoms with van der Waals surface area (Å²) in [7, 11) is 1.32. The van der Waals surface area contributed by atoms with E-state index in [1.165, 1.54) is 14.0 Å². The fourth-order valence-corrected chi connectivity index (χ4v) is 1.25. The van der Waals surface area contributed by atoms with Crippen molar-refractivity contribution in [2.24, 2.45) is 0 Å². The first-order valence-electron chi connectivity index (χ1n) is 5.87. The van der Waals surface area contributed by atoms with Crippen LogP contribution in [0, 0.1) is 11.8 Å². The highest BCUT2D eigenvalue weighted by Crippen LogP contribution is 2.04. The molecule has 4 heteroatoms. The molecule has 0 radical (unpaired) electrons. The van der Waals surface area contributed by atoms with Crippen LogP contribution in [-0.4, -0.2) is 25.7 Å². The van der Waals surface area contributed by atoms with Gasteiger partial charge in [-0.1, -0.05) is 25.2 Å². The van der Waals surface area contributed by atoms with Crippen LogP contribution in [0.5, 0.6) is 0 Å². The van der Waals surface area contributed by atoms with Crippen molar-refractivity contribution in [1.29, 1.82) is 0 Å². The fourth-order valence-electron chi connectivity index (χ4n) is 1.25. The van der Waals surface area contributed by atoms with Gasteiger partial charge in [0.15, 0.2) is 0 Å². The standard InChI is InChI=1S/C13H20O4/c1-12(14)17-11-9-7-5-3-4-6-8-10-13(15)16-2/h3-7,9,11H2,1-2H3. The molecule has 0 fully saturated rings. The van der Waals surface area contributed by atoms with Crippen molar-refractivity contribution in [3.05, 3.63) is 0 Å². The number of ether oxygens (including phenoxy) is 2. The second kappa shape index (κ2) is 11.0. The van der Waals surface area contributed by atoms with Crippen LogP contribution < -0.4 is 0 Å². The minimum Gasteiger partial charge on any atom is -0.466 e. The molecule has 0 aromatic heterocycles. The van der Waals surface area contributed by atoms with E-state index in [0.29, 0.717) is 6.61 Å². The molecular weight excluding hydrogens is 220 g/mol. The molecular formula is C13H20O4. The summed E-state index contributed by atoms with van der Waals surface area (Å²) in [6.45, 7) is 1.93. The Morgan fingerprint density at radius 2 is 1.71 bits per heavy atom. The minimum absolute atomic E-state index is 0.219. The summed E-state index contributed by atoms with van der Waals surface area (Å²) in [6.07, 6.45) is 5.85. The summed E-state index contributed by atoms with van der Waals surface area (Å²) >= 11 is 0. The molecule has 0 bridgehead atoms. The number of methoxy groups -OCH3 is 1. The summed E-state index contributed by atoms with van der Waals surface area (Å²) in [6, 6.07) is 0. The number of hydrogen-bond donors (Lipinski definition) is 0. The monoisotopic (exact) mass is 240 g/mol. The van der Waals surface area contributed by atoms with Crippen molar-refractivity contribution in [3.63, 3.8) is 0 Å². The van der Waals surface area contributed by atoms with Crippen molar-refractivity contribution in [2.45, 2.75) is 45.4 Å². The number of carbonyl (C=O) groups excluding carboxylic acids is 2. The van der Waals surface area contributed by atoms with Gasteiger partial charge in [0, 0.05) is 19.3 Å². The van der Waals surface area contributed by atoms with Crippen LogP contribution in [0.4, 0.5) is 0 Å². The van der Waals surface area contributed by atoms with E-state index in [1.54, 1.807) is 0 Å². The average Bonchev–Trinajstić information content (AvgIpc) is 2.30. The smallest absolute Gasteiger partial charge is 0.384 e. The Bertz CT molecular complexity index is 286. The van der Waals surface area contributed by atoms with E-state index in [1.807, 2.05) is 0 Å². The zero-order valence-electron chi connectivity index (χ0n) is 10.6. The van der Waals surface area contributed by atoms with Gasteiger partial charge in [-0.15, -0.1) is 0 Å². The van der Waals surface area contributed by atoms with Crippen LogP contribution in [0.25, 0.3) is 0 Å². The average molecular weight is 240 g/mol. The van der Waals surface area contributed by atoms with Crippen molar-refractivity contribution in [3.8, 4) is 11.8 Å². The third-order valence-electron chi connectivity index (χ3n) is 2.13. The fraction of sp³-hybridized carbons (Fsp3) is 0.692. The molecule has 0 amide bonds. The highest BCUT2D eigenvalue weighted by Gasteiger charge is 1.93. The molecule has 0 saturated carbocycles. The molecule has 0 unspecified atom stereocenters. The van der Waals surface area contributed by atoms with Crippen LogP contribution in [0.2, 0.25) is 0 Å². The maximum absolute atomic E-state index is 10.6. The number of rotatable bonds is 7. The lowest BCUT2D eigenvalue weighted by molar-refractivity contribution is -0.141. The molecule has 0 atom stereocenters. The van der Waals surface area contributed by atoms with Crippen molar-refractivity contribution in [2.75, 3.05) is 13.7 Å². The molecule has 0 aromatic carbocycles. The van der Waals surface area contributed by atoms with Crippen LogP contribution in [-0.2, 0) is 19.1 Å². The summed E-state index contributed by atoms with van der Waals surface area (Å²) < 4.78 is 9.20. The van der Waals surface area contributed by atoms with Crippen molar-refractivity contribution in [1.82, 2.24) is 0 Å². The van der Waals surface area contributed by atoms with E-state index in [9.17, 15) is 9.59 Å². The minimum atomic E-state index is -0.480. The lowest BCUT2D eigenvalue weighted by atomic mass is 10.1. The predicted molar refractivity (Wildman–Crippen MR) is 64.1 cm³/mol. The molecule has 0 aliphatic heterocycles. The van der Waals surface area contributed by atoms with E-state index in [0.717, 1.165) is 38.5 Å². The van der Waals surface area contributed by atoms with Gasteiger partial charge in [0.1, 0.15) is 0 Å². The Labute approximate surface area is 103 Å². The summed E-state index contributed by atoms with van der Waals surface area (Å²) in [4.78, 5) is 21.1. The normalized spacial score (nSPS) is 9.06. The van der Waals surface area contributed by atoms with Crippen LogP contribution in [0.15, 0.2) is 0 Å². The number of hydrogen-bond acceptors (Lipinski definition) is 4. The lowest BCUT2D eigenvalue weighted by Crippen LogP contribution is -2.00. The maximum Gasteiger partial charge on any atom is 0.384 e. The number of carbonyl (C=O) groups is 2. The van der Waals surface area contributed by atoms with Crippen molar-refractivity contribution >= 4 is 11.9 Å². The molecule has 0 N–H and O–H groups in total. The van der Waals surface area contributed by atoms with Crippen LogP contribution >= 0.6 is 0 Å². The molecule has 96 valence electrons. The van der Waals surface area contributed by atoms with Gasteiger partial charge in [0.05, 0.1) is 13.7 Å². The molecule has 0 heterocycles. The molecule has 0 aliphatic rings. The molecule has 0 rings (SSSR count). The Morgan fingerprint density at radius 1 is 1.06 bits per heavy atom. The van der Waals surface area contributed by atoms with E-state index in [2.05, 4.69) is 16.6 Å². The van der Waals surface area contributed by atoms with Gasteiger partial charge in [-0.2, -0.15) is 0 Å². The molecule has 17 heavy (non-hydrogen) atoms. The highest BCUT2D eigenvalue weighted by atomic mass is 16.5. The molecule has 4 nitrogen and oxygen atoms in total. The third kappa shape index (κ3) is 12.4. The zero-order chi connectivity index (χ0) is 12.9. The Kier molecular flexibility index (Phi) is 10.0. The van der Waals surface area contributed by atoms with Crippen molar-refractivity contribution < 1.29 is 19.1 Å².